The van der Waals surface area contributed by atoms with Crippen LogP contribution in [0.5, 0.6) is 11.5 Å². The molecule has 0 radical (unpaired) electrons. The molecule has 0 N–H and O–H groups in total. The quantitative estimate of drug-likeness (QED) is 0.278. The van der Waals surface area contributed by atoms with Crippen LogP contribution in [-0.2, 0) is 22.6 Å². The monoisotopic (exact) mass is 585 g/mol. The standard InChI is InChI=1S/C37H44FNO4/c1-8-11-24-16-25(17-31(42-10-3)35(24)43-22-23-12-14-26(38)15-13-23)32-33-27(18-36(4,5)20-29(33)40)39(9-2)28-19-37(6,7)21-30(41)34(28)32/h8,12-17,32H,1,9-11,18-22H2,2-7H3. The lowest BCUT2D eigenvalue weighted by Crippen LogP contribution is -2.44. The Morgan fingerprint density at radius 1 is 0.907 bits per heavy atom. The van der Waals surface area contributed by atoms with Gasteiger partial charge in [-0.2, -0.15) is 0 Å². The number of ether oxygens (including phenoxy) is 2. The second-order valence-electron chi connectivity index (χ2n) is 13.6. The van der Waals surface area contributed by atoms with Crippen molar-refractivity contribution in [3.63, 3.8) is 0 Å². The first-order chi connectivity index (χ1) is 20.4. The third-order valence-electron chi connectivity index (χ3n) is 8.79. The summed E-state index contributed by atoms with van der Waals surface area (Å²) >= 11 is 0. The van der Waals surface area contributed by atoms with E-state index in [4.69, 9.17) is 9.47 Å². The molecule has 0 amide bonds. The molecule has 3 aliphatic rings. The number of Topliss-reactive ketones (excluding diaryl/α,β-unsaturated/α-hetero) is 2. The summed E-state index contributed by atoms with van der Waals surface area (Å²) in [6, 6.07) is 10.3. The minimum Gasteiger partial charge on any atom is -0.490 e. The second kappa shape index (κ2) is 11.8. The van der Waals surface area contributed by atoms with Crippen molar-refractivity contribution in [2.75, 3.05) is 13.2 Å². The smallest absolute Gasteiger partial charge is 0.165 e. The molecular weight excluding hydrogens is 541 g/mol. The molecule has 2 aliphatic carbocycles. The van der Waals surface area contributed by atoms with E-state index in [1.807, 2.05) is 19.1 Å². The first kappa shape index (κ1) is 30.8. The van der Waals surface area contributed by atoms with Crippen LogP contribution in [0, 0.1) is 16.6 Å². The molecule has 6 heteroatoms. The van der Waals surface area contributed by atoms with Crippen molar-refractivity contribution in [3.8, 4) is 11.5 Å². The lowest BCUT2D eigenvalue weighted by molar-refractivity contribution is -0.119. The number of allylic oxidation sites excluding steroid dienone is 5. The van der Waals surface area contributed by atoms with Gasteiger partial charge in [0.15, 0.2) is 23.1 Å². The largest absolute Gasteiger partial charge is 0.490 e. The van der Waals surface area contributed by atoms with Gasteiger partial charge in [0, 0.05) is 53.4 Å². The summed E-state index contributed by atoms with van der Waals surface area (Å²) in [5.41, 5.74) is 5.85. The highest BCUT2D eigenvalue weighted by atomic mass is 19.1. The van der Waals surface area contributed by atoms with Crippen molar-refractivity contribution >= 4 is 11.6 Å². The molecule has 0 bridgehead atoms. The van der Waals surface area contributed by atoms with Crippen LogP contribution in [0.4, 0.5) is 4.39 Å². The van der Waals surface area contributed by atoms with E-state index < -0.39 is 5.92 Å². The van der Waals surface area contributed by atoms with Crippen LogP contribution in [0.1, 0.15) is 89.8 Å². The van der Waals surface area contributed by atoms with Gasteiger partial charge in [-0.25, -0.2) is 4.39 Å². The van der Waals surface area contributed by atoms with Crippen LogP contribution in [-0.4, -0.2) is 29.6 Å². The van der Waals surface area contributed by atoms with Gasteiger partial charge in [0.2, 0.25) is 0 Å². The molecule has 228 valence electrons. The molecule has 0 saturated carbocycles. The fourth-order valence-corrected chi connectivity index (χ4v) is 7.08. The molecule has 0 saturated heterocycles. The zero-order valence-electron chi connectivity index (χ0n) is 26.4. The zero-order chi connectivity index (χ0) is 31.1. The number of rotatable bonds is 9. The van der Waals surface area contributed by atoms with Crippen LogP contribution in [0.2, 0.25) is 0 Å². The Morgan fingerprint density at radius 3 is 2.00 bits per heavy atom. The van der Waals surface area contributed by atoms with Gasteiger partial charge in [-0.15, -0.1) is 6.58 Å². The summed E-state index contributed by atoms with van der Waals surface area (Å²) in [4.78, 5) is 30.4. The Labute approximate surface area is 255 Å². The summed E-state index contributed by atoms with van der Waals surface area (Å²) in [7, 11) is 0. The van der Waals surface area contributed by atoms with Crippen molar-refractivity contribution < 1.29 is 23.5 Å². The van der Waals surface area contributed by atoms with Crippen molar-refractivity contribution in [2.24, 2.45) is 10.8 Å². The molecule has 2 aromatic carbocycles. The van der Waals surface area contributed by atoms with Gasteiger partial charge in [0.1, 0.15) is 12.4 Å². The molecule has 2 aromatic rings. The predicted octanol–water partition coefficient (Wildman–Crippen LogP) is 8.24. The van der Waals surface area contributed by atoms with E-state index in [9.17, 15) is 14.0 Å². The topological polar surface area (TPSA) is 55.8 Å². The van der Waals surface area contributed by atoms with Crippen LogP contribution in [0.25, 0.3) is 0 Å². The Bertz CT molecular complexity index is 1460. The minimum atomic E-state index is -0.464. The number of nitrogens with zero attached hydrogens (tertiary/aromatic N) is 1. The van der Waals surface area contributed by atoms with Crippen LogP contribution in [0.3, 0.4) is 0 Å². The van der Waals surface area contributed by atoms with Crippen molar-refractivity contribution in [1.29, 1.82) is 0 Å². The average molecular weight is 586 g/mol. The van der Waals surface area contributed by atoms with Gasteiger partial charge in [0.25, 0.3) is 0 Å². The third kappa shape index (κ3) is 6.07. The van der Waals surface area contributed by atoms with Gasteiger partial charge in [0.05, 0.1) is 6.61 Å². The molecule has 0 unspecified atom stereocenters. The summed E-state index contributed by atoms with van der Waals surface area (Å²) in [6.45, 7) is 18.0. The van der Waals surface area contributed by atoms with Crippen LogP contribution >= 0.6 is 0 Å². The molecule has 0 atom stereocenters. The highest BCUT2D eigenvalue weighted by Gasteiger charge is 2.48. The normalized spacial score (nSPS) is 19.7. The van der Waals surface area contributed by atoms with E-state index in [0.717, 1.165) is 52.1 Å². The molecular formula is C37H44FNO4. The Morgan fingerprint density at radius 2 is 1.49 bits per heavy atom. The van der Waals surface area contributed by atoms with Gasteiger partial charge < -0.3 is 14.4 Å². The molecule has 5 rings (SSSR count). The van der Waals surface area contributed by atoms with Crippen molar-refractivity contribution in [3.05, 3.63) is 94.1 Å². The molecule has 0 fully saturated rings. The summed E-state index contributed by atoms with van der Waals surface area (Å²) in [5, 5.41) is 0. The Hall–Kier alpha value is -3.67. The number of benzene rings is 2. The van der Waals surface area contributed by atoms with Crippen LogP contribution < -0.4 is 9.47 Å². The number of ketones is 2. The summed E-state index contributed by atoms with van der Waals surface area (Å²) < 4.78 is 26.0. The second-order valence-corrected chi connectivity index (χ2v) is 13.6. The molecule has 1 heterocycles. The van der Waals surface area contributed by atoms with E-state index in [0.29, 0.717) is 43.9 Å². The molecule has 43 heavy (non-hydrogen) atoms. The van der Waals surface area contributed by atoms with Gasteiger partial charge in [-0.3, -0.25) is 9.59 Å². The summed E-state index contributed by atoms with van der Waals surface area (Å²) in [6.07, 6.45) is 4.77. The Balaban J connectivity index is 1.70. The number of halogens is 1. The predicted molar refractivity (Wildman–Crippen MR) is 167 cm³/mol. The molecule has 0 spiro atoms. The zero-order valence-corrected chi connectivity index (χ0v) is 26.4. The fraction of sp³-hybridized carbons (Fsp3) is 0.459. The first-order valence-electron chi connectivity index (χ1n) is 15.5. The van der Waals surface area contributed by atoms with E-state index in [1.165, 1.54) is 12.1 Å². The van der Waals surface area contributed by atoms with E-state index in [-0.39, 0.29) is 34.8 Å². The lowest BCUT2D eigenvalue weighted by Gasteiger charge is -2.49. The van der Waals surface area contributed by atoms with Crippen LogP contribution in [0.15, 0.2) is 71.6 Å². The van der Waals surface area contributed by atoms with E-state index in [2.05, 4.69) is 52.2 Å². The Kier molecular flexibility index (Phi) is 8.43. The van der Waals surface area contributed by atoms with Crippen molar-refractivity contribution in [1.82, 2.24) is 4.90 Å². The van der Waals surface area contributed by atoms with E-state index >= 15 is 0 Å². The first-order valence-corrected chi connectivity index (χ1v) is 15.5. The summed E-state index contributed by atoms with van der Waals surface area (Å²) in [5.74, 6) is 0.615. The molecule has 0 aromatic heterocycles. The maximum atomic E-state index is 14.1. The lowest BCUT2D eigenvalue weighted by atomic mass is 9.63. The molecule has 5 nitrogen and oxygen atoms in total. The number of carbonyl (C=O) groups excluding carboxylic acids is 2. The maximum absolute atomic E-state index is 14.1. The fourth-order valence-electron chi connectivity index (χ4n) is 7.08. The highest BCUT2D eigenvalue weighted by Crippen LogP contribution is 2.55. The van der Waals surface area contributed by atoms with E-state index in [1.54, 1.807) is 12.1 Å². The van der Waals surface area contributed by atoms with Gasteiger partial charge in [-0.05, 0) is 73.3 Å². The van der Waals surface area contributed by atoms with Crippen molar-refractivity contribution in [2.45, 2.75) is 86.2 Å². The SMILES string of the molecule is C=CCc1cc(C2C3=C(CC(C)(C)CC3=O)N(CC)C3=C2C(=O)CC(C)(C)C3)cc(OCC)c1OCc1ccc(F)cc1. The third-order valence-corrected chi connectivity index (χ3v) is 8.79. The maximum Gasteiger partial charge on any atom is 0.165 e. The van der Waals surface area contributed by atoms with Gasteiger partial charge in [-0.1, -0.05) is 52.0 Å². The minimum absolute atomic E-state index is 0.110. The number of hydrogen-bond donors (Lipinski definition) is 0. The highest BCUT2D eigenvalue weighted by molar-refractivity contribution is 6.06. The van der Waals surface area contributed by atoms with Gasteiger partial charge >= 0.3 is 0 Å². The molecule has 1 aliphatic heterocycles. The average Bonchev–Trinajstić information content (AvgIpc) is 2.91. The number of carbonyl (C=O) groups is 2. The number of hydrogen-bond acceptors (Lipinski definition) is 5.